The molecule has 4 heteroatoms. The van der Waals surface area contributed by atoms with Gasteiger partial charge in [0.05, 0.1) is 0 Å². The number of hydrogen-bond donors (Lipinski definition) is 1. The van der Waals surface area contributed by atoms with Gasteiger partial charge in [0.2, 0.25) is 5.91 Å². The molecule has 0 spiro atoms. The number of nitrogens with one attached hydrogen (secondary N) is 1. The molecule has 110 valence electrons. The minimum atomic E-state index is -0.178. The van der Waals surface area contributed by atoms with E-state index in [0.29, 0.717) is 18.4 Å². The van der Waals surface area contributed by atoms with Crippen LogP contribution < -0.4 is 5.32 Å². The number of carbonyl (C=O) groups is 1. The summed E-state index contributed by atoms with van der Waals surface area (Å²) < 4.78 is 13.6. The first-order chi connectivity index (χ1) is 9.59. The van der Waals surface area contributed by atoms with Crippen LogP contribution in [0.4, 0.5) is 4.39 Å². The van der Waals surface area contributed by atoms with Crippen LogP contribution in [-0.4, -0.2) is 36.5 Å². The molecule has 0 aliphatic carbocycles. The van der Waals surface area contributed by atoms with Crippen molar-refractivity contribution in [1.29, 1.82) is 0 Å². The van der Waals surface area contributed by atoms with Gasteiger partial charge in [0.15, 0.2) is 0 Å². The van der Waals surface area contributed by atoms with Crippen LogP contribution in [-0.2, 0) is 11.2 Å². The van der Waals surface area contributed by atoms with Crippen LogP contribution in [0.2, 0.25) is 0 Å². The lowest BCUT2D eigenvalue weighted by atomic mass is 9.98. The molecule has 0 saturated carbocycles. The zero-order valence-corrected chi connectivity index (χ0v) is 12.2. The second kappa shape index (κ2) is 6.84. The van der Waals surface area contributed by atoms with E-state index >= 15 is 0 Å². The van der Waals surface area contributed by atoms with E-state index in [0.717, 1.165) is 19.6 Å². The summed E-state index contributed by atoms with van der Waals surface area (Å²) in [5.74, 6) is -0.0480. The largest absolute Gasteiger partial charge is 0.337 e. The minimum absolute atomic E-state index is 0.0600. The maximum absolute atomic E-state index is 13.6. The van der Waals surface area contributed by atoms with Crippen LogP contribution >= 0.6 is 0 Å². The fourth-order valence-corrected chi connectivity index (χ4v) is 2.65. The Hall–Kier alpha value is -1.42. The zero-order chi connectivity index (χ0) is 14.5. The molecule has 2 rings (SSSR count). The third-order valence-electron chi connectivity index (χ3n) is 4.01. The molecule has 20 heavy (non-hydrogen) atoms. The number of nitrogens with zero attached hydrogens (tertiary/aromatic N) is 1. The fourth-order valence-electron chi connectivity index (χ4n) is 2.65. The predicted molar refractivity (Wildman–Crippen MR) is 77.9 cm³/mol. The summed E-state index contributed by atoms with van der Waals surface area (Å²) in [5.41, 5.74) is 0.695. The molecule has 1 aromatic carbocycles. The first-order valence-corrected chi connectivity index (χ1v) is 7.34. The average Bonchev–Trinajstić information content (AvgIpc) is 2.46. The van der Waals surface area contributed by atoms with E-state index in [9.17, 15) is 9.18 Å². The third-order valence-corrected chi connectivity index (χ3v) is 4.01. The Labute approximate surface area is 120 Å². The molecule has 0 bridgehead atoms. The Morgan fingerprint density at radius 2 is 2.25 bits per heavy atom. The molecule has 3 nitrogen and oxygen atoms in total. The zero-order valence-electron chi connectivity index (χ0n) is 12.2. The van der Waals surface area contributed by atoms with Crippen LogP contribution in [0.5, 0.6) is 0 Å². The Balaban J connectivity index is 1.89. The summed E-state index contributed by atoms with van der Waals surface area (Å²) in [5, 5.41) is 3.28. The van der Waals surface area contributed by atoms with E-state index in [1.165, 1.54) is 6.07 Å². The first-order valence-electron chi connectivity index (χ1n) is 7.34. The van der Waals surface area contributed by atoms with Gasteiger partial charge in [0.25, 0.3) is 0 Å². The number of piperazine rings is 1. The van der Waals surface area contributed by atoms with Crippen molar-refractivity contribution in [3.05, 3.63) is 35.6 Å². The number of rotatable bonds is 4. The SMILES string of the molecule is C[C@H](CCc1ccccc1F)C(=O)N1CCNC[C@@H]1C. The standard InChI is InChI=1S/C16H23FN2O/c1-12(7-8-14-5-3-4-6-15(14)17)16(20)19-10-9-18-11-13(19)2/h3-6,12-13,18H,7-11H2,1-2H3/t12-,13+/m1/s1. The lowest BCUT2D eigenvalue weighted by Gasteiger charge is -2.35. The number of amides is 1. The number of carbonyl (C=O) groups excluding carboxylic acids is 1. The number of hydrogen-bond acceptors (Lipinski definition) is 2. The molecule has 0 radical (unpaired) electrons. The Morgan fingerprint density at radius 3 is 2.95 bits per heavy atom. The van der Waals surface area contributed by atoms with Crippen molar-refractivity contribution < 1.29 is 9.18 Å². The van der Waals surface area contributed by atoms with E-state index in [-0.39, 0.29) is 23.7 Å². The molecule has 0 unspecified atom stereocenters. The molecule has 1 amide bonds. The van der Waals surface area contributed by atoms with Gasteiger partial charge in [-0.05, 0) is 31.4 Å². The van der Waals surface area contributed by atoms with Gasteiger partial charge in [0.1, 0.15) is 5.82 Å². The molecule has 1 N–H and O–H groups in total. The Morgan fingerprint density at radius 1 is 1.50 bits per heavy atom. The molecule has 2 atom stereocenters. The normalized spacial score (nSPS) is 20.8. The van der Waals surface area contributed by atoms with E-state index in [2.05, 4.69) is 12.2 Å². The van der Waals surface area contributed by atoms with Gasteiger partial charge in [-0.15, -0.1) is 0 Å². The van der Waals surface area contributed by atoms with Crippen LogP contribution in [0.3, 0.4) is 0 Å². The molecule has 0 aromatic heterocycles. The van der Waals surface area contributed by atoms with Gasteiger partial charge in [-0.2, -0.15) is 0 Å². The number of aryl methyl sites for hydroxylation is 1. The molecule has 1 saturated heterocycles. The van der Waals surface area contributed by atoms with E-state index in [1.54, 1.807) is 12.1 Å². The highest BCUT2D eigenvalue weighted by atomic mass is 19.1. The van der Waals surface area contributed by atoms with Gasteiger partial charge in [-0.3, -0.25) is 4.79 Å². The second-order valence-corrected chi connectivity index (χ2v) is 5.62. The molecular weight excluding hydrogens is 255 g/mol. The molecule has 1 fully saturated rings. The van der Waals surface area contributed by atoms with Gasteiger partial charge in [-0.25, -0.2) is 4.39 Å². The number of benzene rings is 1. The van der Waals surface area contributed by atoms with E-state index < -0.39 is 0 Å². The van der Waals surface area contributed by atoms with Gasteiger partial charge in [-0.1, -0.05) is 25.1 Å². The van der Waals surface area contributed by atoms with Crippen molar-refractivity contribution >= 4 is 5.91 Å². The van der Waals surface area contributed by atoms with Crippen molar-refractivity contribution in [3.8, 4) is 0 Å². The minimum Gasteiger partial charge on any atom is -0.337 e. The molecule has 1 aliphatic heterocycles. The van der Waals surface area contributed by atoms with Crippen LogP contribution in [0.15, 0.2) is 24.3 Å². The average molecular weight is 278 g/mol. The summed E-state index contributed by atoms with van der Waals surface area (Å²) in [7, 11) is 0. The summed E-state index contributed by atoms with van der Waals surface area (Å²) >= 11 is 0. The van der Waals surface area contributed by atoms with Gasteiger partial charge >= 0.3 is 0 Å². The quantitative estimate of drug-likeness (QED) is 0.916. The molecule has 1 heterocycles. The Bertz CT molecular complexity index is 464. The van der Waals surface area contributed by atoms with Crippen molar-refractivity contribution in [2.75, 3.05) is 19.6 Å². The highest BCUT2D eigenvalue weighted by Crippen LogP contribution is 2.16. The molecular formula is C16H23FN2O. The van der Waals surface area contributed by atoms with E-state index in [4.69, 9.17) is 0 Å². The maximum atomic E-state index is 13.6. The fraction of sp³-hybridized carbons (Fsp3) is 0.562. The summed E-state index contributed by atoms with van der Waals surface area (Å²) in [6.07, 6.45) is 1.30. The van der Waals surface area contributed by atoms with Crippen molar-refractivity contribution in [3.63, 3.8) is 0 Å². The van der Waals surface area contributed by atoms with Crippen molar-refractivity contribution in [2.24, 2.45) is 5.92 Å². The smallest absolute Gasteiger partial charge is 0.225 e. The lowest BCUT2D eigenvalue weighted by Crippen LogP contribution is -2.53. The third kappa shape index (κ3) is 3.57. The first kappa shape index (κ1) is 15.0. The predicted octanol–water partition coefficient (Wildman–Crippen LogP) is 2.21. The summed E-state index contributed by atoms with van der Waals surface area (Å²) in [4.78, 5) is 14.4. The van der Waals surface area contributed by atoms with E-state index in [1.807, 2.05) is 17.9 Å². The number of halogens is 1. The van der Waals surface area contributed by atoms with Crippen LogP contribution in [0.1, 0.15) is 25.8 Å². The molecule has 1 aliphatic rings. The second-order valence-electron chi connectivity index (χ2n) is 5.62. The van der Waals surface area contributed by atoms with Crippen LogP contribution in [0.25, 0.3) is 0 Å². The monoisotopic (exact) mass is 278 g/mol. The van der Waals surface area contributed by atoms with Crippen molar-refractivity contribution in [2.45, 2.75) is 32.7 Å². The summed E-state index contributed by atoms with van der Waals surface area (Å²) in [6, 6.07) is 7.03. The van der Waals surface area contributed by atoms with Gasteiger partial charge in [0, 0.05) is 31.6 Å². The Kier molecular flexibility index (Phi) is 5.12. The van der Waals surface area contributed by atoms with Crippen LogP contribution in [0, 0.1) is 11.7 Å². The summed E-state index contributed by atoms with van der Waals surface area (Å²) in [6.45, 7) is 6.48. The highest BCUT2D eigenvalue weighted by molar-refractivity contribution is 5.79. The van der Waals surface area contributed by atoms with Gasteiger partial charge < -0.3 is 10.2 Å². The highest BCUT2D eigenvalue weighted by Gasteiger charge is 2.26. The topological polar surface area (TPSA) is 32.3 Å². The maximum Gasteiger partial charge on any atom is 0.225 e. The molecule has 1 aromatic rings. The van der Waals surface area contributed by atoms with Crippen molar-refractivity contribution in [1.82, 2.24) is 10.2 Å². The lowest BCUT2D eigenvalue weighted by molar-refractivity contribution is -0.138.